The van der Waals surface area contributed by atoms with Gasteiger partial charge in [-0.15, -0.1) is 0 Å². The summed E-state index contributed by atoms with van der Waals surface area (Å²) in [4.78, 5) is 19.2. The van der Waals surface area contributed by atoms with Gasteiger partial charge in [0.05, 0.1) is 21.2 Å². The zero-order chi connectivity index (χ0) is 24.6. The van der Waals surface area contributed by atoms with Crippen molar-refractivity contribution in [1.29, 1.82) is 0 Å². The zero-order valence-electron chi connectivity index (χ0n) is 19.4. The number of thioether (sulfide) groups is 1. The molecule has 0 N–H and O–H groups in total. The first kappa shape index (κ1) is 24.5. The molecule has 0 radical (unpaired) electrons. The molecule has 0 bridgehead atoms. The molecule has 2 aliphatic rings. The van der Waals surface area contributed by atoms with Gasteiger partial charge in [-0.05, 0) is 56.3 Å². The fourth-order valence-corrected chi connectivity index (χ4v) is 6.18. The Balaban J connectivity index is 1.86. The number of thiocarbonyl (C=S) groups is 1. The van der Waals surface area contributed by atoms with E-state index in [1.807, 2.05) is 61.2 Å². The largest absolute Gasteiger partial charge is 0.326 e. The molecule has 2 aliphatic heterocycles. The molecule has 1 fully saturated rings. The Morgan fingerprint density at radius 3 is 2.24 bits per heavy atom. The lowest BCUT2D eigenvalue weighted by atomic mass is 10.2. The molecule has 0 unspecified atom stereocenters. The van der Waals surface area contributed by atoms with Gasteiger partial charge in [-0.2, -0.15) is 0 Å². The number of sulfonamides is 1. The molecule has 2 aromatic carbocycles. The van der Waals surface area contributed by atoms with E-state index in [-0.39, 0.29) is 10.8 Å². The molecule has 2 aromatic rings. The Labute approximate surface area is 210 Å². The van der Waals surface area contributed by atoms with Gasteiger partial charge in [-0.1, -0.05) is 42.2 Å². The van der Waals surface area contributed by atoms with Crippen molar-refractivity contribution in [2.24, 2.45) is 0 Å². The third-order valence-electron chi connectivity index (χ3n) is 5.67. The van der Waals surface area contributed by atoms with Gasteiger partial charge < -0.3 is 4.90 Å². The maximum absolute atomic E-state index is 12.8. The van der Waals surface area contributed by atoms with Gasteiger partial charge in [0.25, 0.3) is 5.91 Å². The van der Waals surface area contributed by atoms with Crippen molar-refractivity contribution in [3.8, 4) is 0 Å². The van der Waals surface area contributed by atoms with Gasteiger partial charge in [0, 0.05) is 32.9 Å². The fraction of sp³-hybridized carbons (Fsp3) is 0.250. The van der Waals surface area contributed by atoms with Gasteiger partial charge in [0.15, 0.2) is 0 Å². The van der Waals surface area contributed by atoms with E-state index in [2.05, 4.69) is 4.90 Å². The average molecular weight is 515 g/mol. The average Bonchev–Trinajstić information content (AvgIpc) is 3.29. The van der Waals surface area contributed by atoms with Crippen LogP contribution >= 0.6 is 24.0 Å². The minimum Gasteiger partial charge on any atom is -0.326 e. The van der Waals surface area contributed by atoms with E-state index in [0.717, 1.165) is 22.9 Å². The van der Waals surface area contributed by atoms with Crippen LogP contribution in [0, 0.1) is 0 Å². The van der Waals surface area contributed by atoms with Crippen LogP contribution in [0.5, 0.6) is 0 Å². The summed E-state index contributed by atoms with van der Waals surface area (Å²) in [5, 5.41) is 0. The minimum absolute atomic E-state index is 0.0986. The first-order valence-corrected chi connectivity index (χ1v) is 13.5. The van der Waals surface area contributed by atoms with Crippen LogP contribution < -0.4 is 9.80 Å². The van der Waals surface area contributed by atoms with Crippen LogP contribution in [-0.2, 0) is 14.8 Å². The molecule has 0 atom stereocenters. The molecule has 34 heavy (non-hydrogen) atoms. The molecule has 10 heteroatoms. The number of rotatable bonds is 6. The summed E-state index contributed by atoms with van der Waals surface area (Å²) in [6.07, 6.45) is 3.70. The lowest BCUT2D eigenvalue weighted by Gasteiger charge is -2.24. The Kier molecular flexibility index (Phi) is 6.86. The summed E-state index contributed by atoms with van der Waals surface area (Å²) in [5.74, 6) is 0.725. The maximum Gasteiger partial charge on any atom is 0.266 e. The standard InChI is InChI=1S/C24H26N4O3S3/c1-5-26-20-16-18(34(30,31)25(3)4)12-13-19(20)28(17-10-8-7-9-11-17)22(26)15-14-21-23(29)27(6-2)24(32)33-21/h7-16H,5-6H2,1-4H3/b21-14-,22-15-. The normalized spacial score (nSPS) is 18.7. The summed E-state index contributed by atoms with van der Waals surface area (Å²) in [6, 6.07) is 15.0. The zero-order valence-corrected chi connectivity index (χ0v) is 21.9. The molecule has 0 spiro atoms. The van der Waals surface area contributed by atoms with E-state index in [4.69, 9.17) is 12.2 Å². The molecular weight excluding hydrogens is 488 g/mol. The highest BCUT2D eigenvalue weighted by atomic mass is 32.2. The quantitative estimate of drug-likeness (QED) is 0.415. The number of carbonyl (C=O) groups excluding carboxylic acids is 1. The molecule has 1 amide bonds. The summed E-state index contributed by atoms with van der Waals surface area (Å²) in [7, 11) is -0.545. The number of benzene rings is 2. The van der Waals surface area contributed by atoms with Crippen molar-refractivity contribution in [3.05, 3.63) is 71.4 Å². The van der Waals surface area contributed by atoms with Gasteiger partial charge in [-0.3, -0.25) is 14.6 Å². The molecule has 2 heterocycles. The van der Waals surface area contributed by atoms with E-state index in [0.29, 0.717) is 22.3 Å². The molecule has 0 aromatic heterocycles. The minimum atomic E-state index is -3.59. The van der Waals surface area contributed by atoms with Crippen LogP contribution in [0.4, 0.5) is 17.1 Å². The monoisotopic (exact) mass is 514 g/mol. The predicted molar refractivity (Wildman–Crippen MR) is 143 cm³/mol. The van der Waals surface area contributed by atoms with Crippen molar-refractivity contribution in [3.63, 3.8) is 0 Å². The Hall–Kier alpha value is -2.66. The highest BCUT2D eigenvalue weighted by molar-refractivity contribution is 8.26. The van der Waals surface area contributed by atoms with Crippen molar-refractivity contribution >= 4 is 61.3 Å². The van der Waals surface area contributed by atoms with E-state index in [9.17, 15) is 13.2 Å². The molecular formula is C24H26N4O3S3. The fourth-order valence-electron chi connectivity index (χ4n) is 3.93. The number of fused-ring (bicyclic) bond motifs is 1. The Morgan fingerprint density at radius 1 is 0.971 bits per heavy atom. The number of carbonyl (C=O) groups is 1. The Bertz CT molecular complexity index is 1300. The summed E-state index contributed by atoms with van der Waals surface area (Å²) < 4.78 is 27.4. The number of allylic oxidation sites excluding steroid dienone is 2. The van der Waals surface area contributed by atoms with Gasteiger partial charge in [0.2, 0.25) is 10.0 Å². The number of likely N-dealkylation sites (N-methyl/N-ethyl adjacent to an activating group) is 1. The second-order valence-electron chi connectivity index (χ2n) is 7.83. The summed E-state index contributed by atoms with van der Waals surface area (Å²) >= 11 is 6.63. The highest BCUT2D eigenvalue weighted by Crippen LogP contribution is 2.47. The smallest absolute Gasteiger partial charge is 0.266 e. The van der Waals surface area contributed by atoms with Crippen molar-refractivity contribution in [2.45, 2.75) is 18.7 Å². The molecule has 0 aliphatic carbocycles. The van der Waals surface area contributed by atoms with Crippen LogP contribution in [0.15, 0.2) is 76.3 Å². The van der Waals surface area contributed by atoms with Crippen LogP contribution in [0.1, 0.15) is 13.8 Å². The third-order valence-corrected chi connectivity index (χ3v) is 8.87. The maximum atomic E-state index is 12.8. The summed E-state index contributed by atoms with van der Waals surface area (Å²) in [6.45, 7) is 5.05. The van der Waals surface area contributed by atoms with Gasteiger partial charge >= 0.3 is 0 Å². The molecule has 178 valence electrons. The molecule has 4 rings (SSSR count). The number of anilines is 3. The molecule has 0 saturated carbocycles. The van der Waals surface area contributed by atoms with Crippen molar-refractivity contribution in [1.82, 2.24) is 9.21 Å². The topological polar surface area (TPSA) is 64.2 Å². The Morgan fingerprint density at radius 2 is 1.65 bits per heavy atom. The second-order valence-corrected chi connectivity index (χ2v) is 11.7. The number of hydrogen-bond donors (Lipinski definition) is 0. The van der Waals surface area contributed by atoms with Crippen LogP contribution in [-0.4, -0.2) is 55.0 Å². The van der Waals surface area contributed by atoms with Crippen LogP contribution in [0.3, 0.4) is 0 Å². The SMILES string of the molecule is CCN1C(=O)/C(=C/C=C2/N(CC)c3cc(S(=O)(=O)N(C)C)ccc3N2c2ccccc2)SC1=S. The predicted octanol–water partition coefficient (Wildman–Crippen LogP) is 4.52. The van der Waals surface area contributed by atoms with E-state index >= 15 is 0 Å². The number of nitrogens with zero attached hydrogens (tertiary/aromatic N) is 4. The van der Waals surface area contributed by atoms with Crippen LogP contribution in [0.25, 0.3) is 0 Å². The van der Waals surface area contributed by atoms with Gasteiger partial charge in [0.1, 0.15) is 10.1 Å². The first-order valence-electron chi connectivity index (χ1n) is 10.9. The summed E-state index contributed by atoms with van der Waals surface area (Å²) in [5.41, 5.74) is 2.59. The van der Waals surface area contributed by atoms with Gasteiger partial charge in [-0.25, -0.2) is 12.7 Å². The lowest BCUT2D eigenvalue weighted by molar-refractivity contribution is -0.122. The third kappa shape index (κ3) is 4.15. The van der Waals surface area contributed by atoms with E-state index < -0.39 is 10.0 Å². The molecule has 1 saturated heterocycles. The lowest BCUT2D eigenvalue weighted by Crippen LogP contribution is -2.27. The molecule has 7 nitrogen and oxygen atoms in total. The van der Waals surface area contributed by atoms with Crippen molar-refractivity contribution in [2.75, 3.05) is 37.0 Å². The number of hydrogen-bond acceptors (Lipinski definition) is 7. The van der Waals surface area contributed by atoms with Crippen molar-refractivity contribution < 1.29 is 13.2 Å². The first-order chi connectivity index (χ1) is 16.2. The van der Waals surface area contributed by atoms with E-state index in [1.165, 1.54) is 30.2 Å². The second kappa shape index (κ2) is 9.53. The van der Waals surface area contributed by atoms with E-state index in [1.54, 1.807) is 23.1 Å². The highest BCUT2D eigenvalue weighted by Gasteiger charge is 2.34. The van der Waals surface area contributed by atoms with Crippen LogP contribution in [0.2, 0.25) is 0 Å². The number of amides is 1. The number of para-hydroxylation sites is 1.